The molecule has 0 spiro atoms. The SMILES string of the molecule is CC(OC(=O)OC1CCC2CCCCC2C1)OC(=O)C1=C(/C(=N\N)C(=N)N2CCNCC2)CSC2C(NC(=O)/C(=N\OCF)c3nsc(N)n3)C(=O)N12. The minimum Gasteiger partial charge on any atom is -0.431 e. The summed E-state index contributed by atoms with van der Waals surface area (Å²) in [4.78, 5) is 64.9. The topological polar surface area (TPSA) is 262 Å². The van der Waals surface area contributed by atoms with Gasteiger partial charge in [0.1, 0.15) is 34.8 Å². The van der Waals surface area contributed by atoms with E-state index < -0.39 is 54.2 Å². The largest absolute Gasteiger partial charge is 0.511 e. The molecule has 1 aromatic rings. The Labute approximate surface area is 312 Å². The van der Waals surface area contributed by atoms with Gasteiger partial charge in [-0.1, -0.05) is 30.8 Å². The van der Waals surface area contributed by atoms with E-state index in [1.54, 1.807) is 4.90 Å². The number of hydrogen-bond donors (Lipinski definition) is 5. The highest BCUT2D eigenvalue weighted by Crippen LogP contribution is 2.43. The number of carbonyl (C=O) groups excluding carboxylic acids is 4. The number of β-lactam (4-membered cyclic amide) rings is 1. The average Bonchev–Trinajstić information content (AvgIpc) is 3.59. The molecule has 6 atom stereocenters. The van der Waals surface area contributed by atoms with Gasteiger partial charge >= 0.3 is 12.1 Å². The molecule has 7 N–H and O–H groups in total. The highest BCUT2D eigenvalue weighted by molar-refractivity contribution is 8.00. The molecule has 0 bridgehead atoms. The third kappa shape index (κ3) is 8.48. The van der Waals surface area contributed by atoms with Crippen LogP contribution < -0.4 is 22.2 Å². The molecule has 22 heteroatoms. The van der Waals surface area contributed by atoms with E-state index in [1.807, 2.05) is 0 Å². The smallest absolute Gasteiger partial charge is 0.431 e. The maximum Gasteiger partial charge on any atom is 0.511 e. The van der Waals surface area contributed by atoms with Crippen LogP contribution in [0.15, 0.2) is 21.5 Å². The number of rotatable bonds is 11. The van der Waals surface area contributed by atoms with E-state index in [2.05, 4.69) is 35.1 Å². The van der Waals surface area contributed by atoms with Crippen LogP contribution in [0.4, 0.5) is 14.3 Å². The van der Waals surface area contributed by atoms with Gasteiger partial charge in [0.25, 0.3) is 18.7 Å². The molecule has 2 aliphatic carbocycles. The molecule has 4 fully saturated rings. The second-order valence-corrected chi connectivity index (χ2v) is 15.0. The highest BCUT2D eigenvalue weighted by Gasteiger charge is 2.56. The number of anilines is 1. The zero-order valence-electron chi connectivity index (χ0n) is 29.0. The molecule has 0 radical (unpaired) electrons. The van der Waals surface area contributed by atoms with Crippen LogP contribution in [0, 0.1) is 17.2 Å². The number of ether oxygens (including phenoxy) is 3. The van der Waals surface area contributed by atoms with E-state index in [-0.39, 0.29) is 45.6 Å². The van der Waals surface area contributed by atoms with Crippen LogP contribution in [0.1, 0.15) is 57.7 Å². The Hall–Kier alpha value is -4.57. The van der Waals surface area contributed by atoms with Crippen molar-refractivity contribution in [2.24, 2.45) is 27.9 Å². The van der Waals surface area contributed by atoms with Crippen LogP contribution in [0.3, 0.4) is 0 Å². The van der Waals surface area contributed by atoms with Crippen molar-refractivity contribution in [2.75, 3.05) is 44.5 Å². The fraction of sp³-hybridized carbons (Fsp3) is 0.645. The summed E-state index contributed by atoms with van der Waals surface area (Å²) >= 11 is 1.93. The van der Waals surface area contributed by atoms with Crippen molar-refractivity contribution in [1.29, 1.82) is 5.41 Å². The number of hydrogen-bond acceptors (Lipinski definition) is 18. The molecule has 1 aromatic heterocycles. The Morgan fingerprint density at radius 2 is 1.89 bits per heavy atom. The first-order chi connectivity index (χ1) is 25.6. The second kappa shape index (κ2) is 17.1. The number of aromatic nitrogens is 2. The standard InChI is InChI=1S/C31H42FN11O8S2/c1-15(50-31(47)51-18-7-6-16-4-2-3-5-17(16)12-18)49-29(46)23-19(20(39-35)24(33)42-10-8-36-9-11-42)13-52-28-22(27(45)43(23)28)37-26(44)21(40-48-14-32)25-38-30(34)53-41-25/h15-18,22,28,33,36H,2-14,35H2,1H3,(H,37,44)(H2,34,38,41)/b33-24?,39-20+,40-21-. The quantitative estimate of drug-likeness (QED) is 0.0399. The van der Waals surface area contributed by atoms with Crippen LogP contribution in [-0.2, 0) is 33.4 Å². The zero-order chi connectivity index (χ0) is 37.6. The number of nitrogens with one attached hydrogen (secondary N) is 3. The number of hydrazone groups is 1. The summed E-state index contributed by atoms with van der Waals surface area (Å²) in [6, 6.07) is -1.20. The zero-order valence-corrected chi connectivity index (χ0v) is 30.6. The number of nitrogens with zero attached hydrogens (tertiary/aromatic N) is 6. The maximum absolute atomic E-state index is 14.0. The van der Waals surface area contributed by atoms with Gasteiger partial charge < -0.3 is 46.2 Å². The van der Waals surface area contributed by atoms with E-state index in [1.165, 1.54) is 37.9 Å². The van der Waals surface area contributed by atoms with Crippen molar-refractivity contribution in [2.45, 2.75) is 75.7 Å². The van der Waals surface area contributed by atoms with Gasteiger partial charge in [0, 0.05) is 56.0 Å². The first-order valence-corrected chi connectivity index (χ1v) is 19.2. The number of thioether (sulfide) groups is 1. The molecular formula is C31H42FN11O8S2. The van der Waals surface area contributed by atoms with Gasteiger partial charge in [-0.15, -0.1) is 11.8 Å². The average molecular weight is 780 g/mol. The summed E-state index contributed by atoms with van der Waals surface area (Å²) < 4.78 is 33.2. The molecule has 53 heavy (non-hydrogen) atoms. The van der Waals surface area contributed by atoms with Crippen LogP contribution in [0.5, 0.6) is 0 Å². The maximum atomic E-state index is 14.0. The third-order valence-corrected chi connectivity index (χ3v) is 11.7. The summed E-state index contributed by atoms with van der Waals surface area (Å²) in [5, 5.41) is 21.1. The van der Waals surface area contributed by atoms with E-state index in [0.29, 0.717) is 38.0 Å². The van der Waals surface area contributed by atoms with E-state index >= 15 is 0 Å². The number of nitrogen functional groups attached to an aromatic ring is 1. The molecule has 4 heterocycles. The predicted octanol–water partition coefficient (Wildman–Crippen LogP) is 1.02. The van der Waals surface area contributed by atoms with Crippen LogP contribution in [0.25, 0.3) is 0 Å². The minimum absolute atomic E-state index is 0.0112. The Kier molecular flexibility index (Phi) is 12.3. The molecule has 2 saturated carbocycles. The minimum atomic E-state index is -1.42. The van der Waals surface area contributed by atoms with Gasteiger partial charge in [-0.3, -0.25) is 19.9 Å². The first kappa shape index (κ1) is 38.2. The van der Waals surface area contributed by atoms with Crippen LogP contribution >= 0.6 is 23.3 Å². The highest BCUT2D eigenvalue weighted by atomic mass is 32.2. The molecule has 288 valence electrons. The molecule has 3 aliphatic heterocycles. The lowest BCUT2D eigenvalue weighted by Crippen LogP contribution is -2.71. The number of oxime groups is 1. The molecule has 6 unspecified atom stereocenters. The molecule has 2 saturated heterocycles. The lowest BCUT2D eigenvalue weighted by molar-refractivity contribution is -0.170. The number of amides is 2. The van der Waals surface area contributed by atoms with E-state index in [0.717, 1.165) is 42.1 Å². The van der Waals surface area contributed by atoms with Crippen molar-refractivity contribution in [3.8, 4) is 0 Å². The van der Waals surface area contributed by atoms with Gasteiger partial charge in [-0.05, 0) is 31.1 Å². The lowest BCUT2D eigenvalue weighted by atomic mass is 9.70. The number of fused-ring (bicyclic) bond motifs is 2. The molecule has 6 rings (SSSR count). The summed E-state index contributed by atoms with van der Waals surface area (Å²) in [7, 11) is 0. The van der Waals surface area contributed by atoms with Gasteiger partial charge in [0.2, 0.25) is 17.8 Å². The Morgan fingerprint density at radius 3 is 2.58 bits per heavy atom. The summed E-state index contributed by atoms with van der Waals surface area (Å²) in [5.74, 6) is 3.96. The van der Waals surface area contributed by atoms with Crippen LogP contribution in [0.2, 0.25) is 0 Å². The normalized spacial score (nSPS) is 26.8. The summed E-state index contributed by atoms with van der Waals surface area (Å²) in [5.41, 5.74) is 4.93. The fourth-order valence-electron chi connectivity index (χ4n) is 7.39. The number of esters is 1. The van der Waals surface area contributed by atoms with Gasteiger partial charge in [-0.25, -0.2) is 14.0 Å². The summed E-state index contributed by atoms with van der Waals surface area (Å²) in [6.45, 7) is 2.15. The van der Waals surface area contributed by atoms with Crippen LogP contribution in [-0.4, -0.2) is 123 Å². The fourth-order valence-corrected chi connectivity index (χ4v) is 9.17. The molecule has 2 amide bonds. The number of piperazine rings is 1. The number of amidine groups is 1. The number of halogens is 1. The Morgan fingerprint density at radius 1 is 1.13 bits per heavy atom. The monoisotopic (exact) mass is 779 g/mol. The number of alkyl halides is 1. The Bertz CT molecular complexity index is 1690. The van der Waals surface area contributed by atoms with Crippen molar-refractivity contribution in [1.82, 2.24) is 29.8 Å². The number of nitrogens with two attached hydrogens (primary N) is 2. The molecular weight excluding hydrogens is 738 g/mol. The van der Waals surface area contributed by atoms with Crippen molar-refractivity contribution >= 4 is 69.6 Å². The van der Waals surface area contributed by atoms with Crippen molar-refractivity contribution in [3.63, 3.8) is 0 Å². The number of carbonyl (C=O) groups is 4. The van der Waals surface area contributed by atoms with E-state index in [4.69, 9.17) is 31.2 Å². The third-order valence-electron chi connectivity index (χ3n) is 9.88. The summed E-state index contributed by atoms with van der Waals surface area (Å²) in [6.07, 6.45) is 4.51. The lowest BCUT2D eigenvalue weighted by Gasteiger charge is -2.49. The van der Waals surface area contributed by atoms with Gasteiger partial charge in [0.15, 0.2) is 5.13 Å². The molecule has 19 nitrogen and oxygen atoms in total. The van der Waals surface area contributed by atoms with Crippen molar-refractivity contribution in [3.05, 3.63) is 17.1 Å². The molecule has 5 aliphatic rings. The van der Waals surface area contributed by atoms with Crippen molar-refractivity contribution < 1.29 is 42.6 Å². The van der Waals surface area contributed by atoms with E-state index in [9.17, 15) is 23.6 Å². The Balaban J connectivity index is 1.18. The first-order valence-electron chi connectivity index (χ1n) is 17.3. The molecule has 0 aromatic carbocycles. The van der Waals surface area contributed by atoms with Gasteiger partial charge in [0.05, 0.1) is 0 Å². The predicted molar refractivity (Wildman–Crippen MR) is 190 cm³/mol. The van der Waals surface area contributed by atoms with Gasteiger partial charge in [-0.2, -0.15) is 14.5 Å². The second-order valence-electron chi connectivity index (χ2n) is 13.1.